The van der Waals surface area contributed by atoms with Crippen molar-refractivity contribution in [1.82, 2.24) is 31.2 Å². The predicted octanol–water partition coefficient (Wildman–Crippen LogP) is 2.50. The van der Waals surface area contributed by atoms with Gasteiger partial charge in [-0.15, -0.1) is 0 Å². The van der Waals surface area contributed by atoms with Crippen molar-refractivity contribution in [1.29, 1.82) is 0 Å². The van der Waals surface area contributed by atoms with E-state index in [0.29, 0.717) is 12.8 Å². The van der Waals surface area contributed by atoms with E-state index in [2.05, 4.69) is 31.2 Å². The van der Waals surface area contributed by atoms with Crippen LogP contribution in [-0.2, 0) is 27.2 Å². The molecule has 2 aromatic heterocycles. The van der Waals surface area contributed by atoms with E-state index >= 15 is 0 Å². The Morgan fingerprint density at radius 2 is 1.39 bits per heavy atom. The van der Waals surface area contributed by atoms with Gasteiger partial charge in [-0.25, -0.2) is 0 Å². The molecule has 0 radical (unpaired) electrons. The van der Waals surface area contributed by atoms with Crippen LogP contribution in [0.5, 0.6) is 0 Å². The van der Waals surface area contributed by atoms with Crippen LogP contribution >= 0.6 is 0 Å². The molecule has 0 saturated carbocycles. The molecule has 9 heteroatoms. The summed E-state index contributed by atoms with van der Waals surface area (Å²) >= 11 is 0. The molecular formula is C29H34N6O3. The number of rotatable bonds is 9. The van der Waals surface area contributed by atoms with Gasteiger partial charge < -0.3 is 31.2 Å². The van der Waals surface area contributed by atoms with Crippen LogP contribution < -0.4 is 21.3 Å². The Balaban J connectivity index is 1.37. The first-order valence-electron chi connectivity index (χ1n) is 13.2. The van der Waals surface area contributed by atoms with Gasteiger partial charge >= 0.3 is 0 Å². The highest BCUT2D eigenvalue weighted by Gasteiger charge is 2.29. The fourth-order valence-corrected chi connectivity index (χ4v) is 5.28. The van der Waals surface area contributed by atoms with Gasteiger partial charge in [-0.1, -0.05) is 36.4 Å². The van der Waals surface area contributed by atoms with Crippen molar-refractivity contribution in [3.63, 3.8) is 0 Å². The summed E-state index contributed by atoms with van der Waals surface area (Å²) in [6.45, 7) is 3.00. The third kappa shape index (κ3) is 5.89. The quantitative estimate of drug-likeness (QED) is 0.192. The summed E-state index contributed by atoms with van der Waals surface area (Å²) in [6.07, 6.45) is 5.35. The van der Waals surface area contributed by atoms with Crippen LogP contribution in [0, 0.1) is 5.92 Å². The molecule has 0 unspecified atom stereocenters. The highest BCUT2D eigenvalue weighted by atomic mass is 16.2. The molecule has 0 spiro atoms. The molecule has 4 aromatic rings. The highest BCUT2D eigenvalue weighted by Crippen LogP contribution is 2.21. The normalized spacial score (nSPS) is 15.7. The minimum absolute atomic E-state index is 0.112. The average molecular weight is 515 g/mol. The number of hydrogen-bond donors (Lipinski definition) is 6. The lowest BCUT2D eigenvalue weighted by molar-refractivity contribution is -0.132. The maximum Gasteiger partial charge on any atom is 0.244 e. The fraction of sp³-hybridized carbons (Fsp3) is 0.345. The van der Waals surface area contributed by atoms with Gasteiger partial charge in [0.1, 0.15) is 12.2 Å². The van der Waals surface area contributed by atoms with Gasteiger partial charge in [-0.05, 0) is 49.2 Å². The maximum absolute atomic E-state index is 13.7. The molecule has 5 rings (SSSR count). The third-order valence-corrected chi connectivity index (χ3v) is 7.23. The van der Waals surface area contributed by atoms with E-state index < -0.39 is 12.2 Å². The first kappa shape index (κ1) is 25.5. The van der Waals surface area contributed by atoms with Crippen LogP contribution in [0.4, 0.5) is 0 Å². The minimum Gasteiger partial charge on any atom is -0.361 e. The van der Waals surface area contributed by atoms with Gasteiger partial charge in [0.05, 0.1) is 0 Å². The van der Waals surface area contributed by atoms with Crippen molar-refractivity contribution in [2.75, 3.05) is 13.1 Å². The summed E-state index contributed by atoms with van der Waals surface area (Å²) in [5.41, 5.74) is 3.88. The fourth-order valence-electron chi connectivity index (χ4n) is 5.28. The molecule has 1 fully saturated rings. The van der Waals surface area contributed by atoms with Crippen LogP contribution in [-0.4, -0.2) is 53.0 Å². The number of H-pyrrole nitrogens is 2. The van der Waals surface area contributed by atoms with E-state index in [-0.39, 0.29) is 23.6 Å². The Bertz CT molecular complexity index is 1430. The molecule has 3 heterocycles. The van der Waals surface area contributed by atoms with Crippen molar-refractivity contribution in [3.05, 3.63) is 72.1 Å². The van der Waals surface area contributed by atoms with Crippen molar-refractivity contribution in [2.45, 2.75) is 44.8 Å². The number of piperidine rings is 1. The van der Waals surface area contributed by atoms with Crippen LogP contribution in [0.1, 0.15) is 30.9 Å². The maximum atomic E-state index is 13.7. The van der Waals surface area contributed by atoms with Crippen molar-refractivity contribution in [3.8, 4) is 0 Å². The number of aromatic amines is 2. The molecule has 9 nitrogen and oxygen atoms in total. The van der Waals surface area contributed by atoms with Crippen molar-refractivity contribution >= 4 is 39.5 Å². The summed E-state index contributed by atoms with van der Waals surface area (Å²) in [5, 5.41) is 14.2. The molecule has 2 aromatic carbocycles. The number of carbonyl (C=O) groups is 3. The van der Waals surface area contributed by atoms with Crippen LogP contribution in [0.3, 0.4) is 0 Å². The number of hydrogen-bond acceptors (Lipinski definition) is 4. The number of fused-ring (bicyclic) bond motifs is 2. The van der Waals surface area contributed by atoms with Gasteiger partial charge in [0.25, 0.3) is 0 Å². The van der Waals surface area contributed by atoms with E-state index in [4.69, 9.17) is 0 Å². The largest absolute Gasteiger partial charge is 0.361 e. The number of benzene rings is 2. The van der Waals surface area contributed by atoms with Gasteiger partial charge in [0, 0.05) is 59.9 Å². The van der Waals surface area contributed by atoms with E-state index in [1.807, 2.05) is 60.9 Å². The Kier molecular flexibility index (Phi) is 7.74. The lowest BCUT2D eigenvalue weighted by Gasteiger charge is -2.27. The predicted molar refractivity (Wildman–Crippen MR) is 147 cm³/mol. The zero-order valence-electron chi connectivity index (χ0n) is 21.5. The lowest BCUT2D eigenvalue weighted by Crippen LogP contribution is -2.56. The smallest absolute Gasteiger partial charge is 0.244 e. The summed E-state index contributed by atoms with van der Waals surface area (Å²) in [7, 11) is 0. The van der Waals surface area contributed by atoms with Gasteiger partial charge in [-0.3, -0.25) is 14.4 Å². The van der Waals surface area contributed by atoms with Crippen LogP contribution in [0.2, 0.25) is 0 Å². The molecule has 0 bridgehead atoms. The molecule has 3 amide bonds. The molecule has 2 atom stereocenters. The first-order chi connectivity index (χ1) is 18.5. The van der Waals surface area contributed by atoms with Crippen molar-refractivity contribution < 1.29 is 14.4 Å². The topological polar surface area (TPSA) is 131 Å². The second kappa shape index (κ2) is 11.5. The second-order valence-electron chi connectivity index (χ2n) is 9.97. The molecule has 0 aliphatic carbocycles. The summed E-state index contributed by atoms with van der Waals surface area (Å²) < 4.78 is 0. The van der Waals surface area contributed by atoms with E-state index in [0.717, 1.165) is 58.9 Å². The Hall–Kier alpha value is -4.11. The zero-order valence-corrected chi connectivity index (χ0v) is 21.5. The van der Waals surface area contributed by atoms with Crippen LogP contribution in [0.15, 0.2) is 60.9 Å². The van der Waals surface area contributed by atoms with Gasteiger partial charge in [0.2, 0.25) is 17.7 Å². The molecule has 6 N–H and O–H groups in total. The molecule has 198 valence electrons. The number of carbonyl (C=O) groups excluding carboxylic acids is 3. The standard InChI is InChI=1S/C29H34N6O3/c1-18(36)33-27(15-21-17-32-25-9-5-3-7-23(21)25)35-29(38)26(34-28(37)19-10-12-30-13-11-19)14-20-16-31-24-8-4-2-6-22(20)24/h2-9,16-17,19,26-27,30-32H,10-15H2,1H3,(H,33,36)(H,34,37)(H,35,38)/t26-,27-/m1/s1. The zero-order chi connectivity index (χ0) is 26.5. The van der Waals surface area contributed by atoms with E-state index in [1.165, 1.54) is 6.92 Å². The van der Waals surface area contributed by atoms with E-state index in [9.17, 15) is 14.4 Å². The minimum atomic E-state index is -0.796. The summed E-state index contributed by atoms with van der Waals surface area (Å²) in [6, 6.07) is 15.0. The summed E-state index contributed by atoms with van der Waals surface area (Å²) in [4.78, 5) is 45.4. The Morgan fingerprint density at radius 1 is 0.816 bits per heavy atom. The van der Waals surface area contributed by atoms with Gasteiger partial charge in [-0.2, -0.15) is 0 Å². The number of para-hydroxylation sites is 2. The highest BCUT2D eigenvalue weighted by molar-refractivity contribution is 5.91. The lowest BCUT2D eigenvalue weighted by atomic mass is 9.96. The Labute approximate surface area is 221 Å². The molecule has 1 aliphatic rings. The molecule has 38 heavy (non-hydrogen) atoms. The number of aromatic nitrogens is 2. The molecule has 1 aliphatic heterocycles. The first-order valence-corrected chi connectivity index (χ1v) is 13.2. The van der Waals surface area contributed by atoms with Gasteiger partial charge in [0.15, 0.2) is 0 Å². The van der Waals surface area contributed by atoms with E-state index in [1.54, 1.807) is 0 Å². The number of amides is 3. The van der Waals surface area contributed by atoms with Crippen molar-refractivity contribution in [2.24, 2.45) is 5.92 Å². The second-order valence-corrected chi connectivity index (χ2v) is 9.97. The van der Waals surface area contributed by atoms with Crippen LogP contribution in [0.25, 0.3) is 21.8 Å². The SMILES string of the molecule is CC(=O)N[C@@H](Cc1c[nH]c2ccccc12)NC(=O)[C@@H](Cc1c[nH]c2ccccc12)NC(=O)C1CCNCC1. The third-order valence-electron chi connectivity index (χ3n) is 7.23. The summed E-state index contributed by atoms with van der Waals surface area (Å²) in [5.74, 6) is -0.829. The average Bonchev–Trinajstić information content (AvgIpc) is 3.52. The molecular weight excluding hydrogens is 480 g/mol. The molecule has 1 saturated heterocycles. The Morgan fingerprint density at radius 3 is 2.00 bits per heavy atom. The number of nitrogens with one attached hydrogen (secondary N) is 6. The monoisotopic (exact) mass is 514 g/mol.